The van der Waals surface area contributed by atoms with Crippen molar-refractivity contribution in [1.29, 1.82) is 0 Å². The van der Waals surface area contributed by atoms with E-state index in [0.29, 0.717) is 5.02 Å². The molecule has 1 N–H and O–H groups in total. The first-order valence-electron chi connectivity index (χ1n) is 6.30. The summed E-state index contributed by atoms with van der Waals surface area (Å²) in [5.41, 5.74) is 2.75. The number of benzene rings is 1. The summed E-state index contributed by atoms with van der Waals surface area (Å²) < 4.78 is 13.3. The number of halogens is 2. The van der Waals surface area contributed by atoms with Gasteiger partial charge in [0.15, 0.2) is 0 Å². The summed E-state index contributed by atoms with van der Waals surface area (Å²) >= 11 is 6.03. The lowest BCUT2D eigenvalue weighted by Gasteiger charge is -2.11. The Kier molecular flexibility index (Phi) is 4.88. The molecule has 0 atom stereocenters. The summed E-state index contributed by atoms with van der Waals surface area (Å²) in [5.74, 6) is -0.343. The second-order valence-corrected chi connectivity index (χ2v) is 4.81. The molecule has 2 aromatic rings. The monoisotopic (exact) mass is 278 g/mol. The van der Waals surface area contributed by atoms with Crippen LogP contribution in [0.3, 0.4) is 0 Å². The van der Waals surface area contributed by atoms with Gasteiger partial charge in [0.25, 0.3) is 0 Å². The lowest BCUT2D eigenvalue weighted by Crippen LogP contribution is -2.14. The van der Waals surface area contributed by atoms with Crippen molar-refractivity contribution in [2.45, 2.75) is 19.9 Å². The van der Waals surface area contributed by atoms with E-state index in [4.69, 9.17) is 11.6 Å². The molecule has 2 rings (SSSR count). The van der Waals surface area contributed by atoms with Crippen molar-refractivity contribution in [3.8, 4) is 11.1 Å². The fourth-order valence-corrected chi connectivity index (χ4v) is 2.10. The van der Waals surface area contributed by atoms with Crippen molar-refractivity contribution in [3.05, 3.63) is 53.1 Å². The van der Waals surface area contributed by atoms with Gasteiger partial charge < -0.3 is 5.32 Å². The fraction of sp³-hybridized carbons (Fsp3) is 0.267. The predicted octanol–water partition coefficient (Wildman–Crippen LogP) is 4.04. The van der Waals surface area contributed by atoms with Gasteiger partial charge in [-0.2, -0.15) is 0 Å². The highest BCUT2D eigenvalue weighted by molar-refractivity contribution is 6.30. The van der Waals surface area contributed by atoms with Gasteiger partial charge in [-0.15, -0.1) is 0 Å². The van der Waals surface area contributed by atoms with Gasteiger partial charge in [0.05, 0.1) is 6.20 Å². The SMILES string of the molecule is CCCNCc1ccc(Cl)cc1-c1cncc(F)c1. The molecule has 100 valence electrons. The average Bonchev–Trinajstić information content (AvgIpc) is 2.40. The number of aromatic nitrogens is 1. The summed E-state index contributed by atoms with van der Waals surface area (Å²) in [5, 5.41) is 3.98. The van der Waals surface area contributed by atoms with Crippen LogP contribution in [0.15, 0.2) is 36.7 Å². The molecular weight excluding hydrogens is 263 g/mol. The van der Waals surface area contributed by atoms with Crippen LogP contribution in [0.25, 0.3) is 11.1 Å². The molecule has 0 bridgehead atoms. The molecule has 0 radical (unpaired) electrons. The maximum absolute atomic E-state index is 13.3. The van der Waals surface area contributed by atoms with E-state index in [1.54, 1.807) is 6.20 Å². The zero-order chi connectivity index (χ0) is 13.7. The van der Waals surface area contributed by atoms with Crippen molar-refractivity contribution in [1.82, 2.24) is 10.3 Å². The minimum absolute atomic E-state index is 0.343. The normalized spacial score (nSPS) is 10.7. The standard InChI is InChI=1S/C15H16ClFN2/c1-2-5-18-8-11-3-4-13(16)7-15(11)12-6-14(17)10-19-9-12/h3-4,6-7,9-10,18H,2,5,8H2,1H3. The van der Waals surface area contributed by atoms with Gasteiger partial charge in [0.1, 0.15) is 5.82 Å². The van der Waals surface area contributed by atoms with Crippen LogP contribution >= 0.6 is 11.6 Å². The molecule has 0 aliphatic carbocycles. The van der Waals surface area contributed by atoms with Crippen LogP contribution in [0.4, 0.5) is 4.39 Å². The fourth-order valence-electron chi connectivity index (χ4n) is 1.93. The maximum Gasteiger partial charge on any atom is 0.142 e. The minimum atomic E-state index is -0.343. The van der Waals surface area contributed by atoms with Gasteiger partial charge in [-0.1, -0.05) is 24.6 Å². The Morgan fingerprint density at radius 1 is 1.26 bits per heavy atom. The highest BCUT2D eigenvalue weighted by Gasteiger charge is 2.07. The number of nitrogens with zero attached hydrogens (tertiary/aromatic N) is 1. The van der Waals surface area contributed by atoms with E-state index in [1.807, 2.05) is 18.2 Å². The number of hydrogen-bond acceptors (Lipinski definition) is 2. The zero-order valence-corrected chi connectivity index (χ0v) is 11.5. The summed E-state index contributed by atoms with van der Waals surface area (Å²) in [7, 11) is 0. The Balaban J connectivity index is 2.34. The lowest BCUT2D eigenvalue weighted by molar-refractivity contribution is 0.622. The van der Waals surface area contributed by atoms with E-state index < -0.39 is 0 Å². The van der Waals surface area contributed by atoms with Crippen LogP contribution in [0.2, 0.25) is 5.02 Å². The quantitative estimate of drug-likeness (QED) is 0.835. The summed E-state index contributed by atoms with van der Waals surface area (Å²) in [6.07, 6.45) is 3.92. The van der Waals surface area contributed by atoms with E-state index >= 15 is 0 Å². The number of pyridine rings is 1. The Bertz CT molecular complexity index is 558. The van der Waals surface area contributed by atoms with Gasteiger partial charge >= 0.3 is 0 Å². The Labute approximate surface area is 117 Å². The number of nitrogens with one attached hydrogen (secondary N) is 1. The molecule has 0 saturated heterocycles. The molecule has 0 aliphatic heterocycles. The van der Waals surface area contributed by atoms with Gasteiger partial charge in [-0.05, 0) is 42.3 Å². The lowest BCUT2D eigenvalue weighted by atomic mass is 10.0. The first-order chi connectivity index (χ1) is 9.20. The smallest absolute Gasteiger partial charge is 0.142 e. The van der Waals surface area contributed by atoms with Crippen molar-refractivity contribution >= 4 is 11.6 Å². The van der Waals surface area contributed by atoms with E-state index in [9.17, 15) is 4.39 Å². The van der Waals surface area contributed by atoms with Crippen LogP contribution < -0.4 is 5.32 Å². The number of hydrogen-bond donors (Lipinski definition) is 1. The first-order valence-corrected chi connectivity index (χ1v) is 6.68. The molecule has 4 heteroatoms. The average molecular weight is 279 g/mol. The Morgan fingerprint density at radius 2 is 2.11 bits per heavy atom. The molecule has 1 heterocycles. The van der Waals surface area contributed by atoms with Crippen LogP contribution in [-0.2, 0) is 6.54 Å². The molecule has 0 amide bonds. The second kappa shape index (κ2) is 6.64. The summed E-state index contributed by atoms with van der Waals surface area (Å²) in [4.78, 5) is 3.89. The van der Waals surface area contributed by atoms with Crippen molar-refractivity contribution in [2.24, 2.45) is 0 Å². The molecule has 1 aromatic heterocycles. The molecule has 2 nitrogen and oxygen atoms in total. The third-order valence-electron chi connectivity index (χ3n) is 2.83. The first kappa shape index (κ1) is 14.0. The molecule has 0 fully saturated rings. The molecule has 0 aliphatic rings. The highest BCUT2D eigenvalue weighted by Crippen LogP contribution is 2.27. The van der Waals surface area contributed by atoms with Crippen LogP contribution in [-0.4, -0.2) is 11.5 Å². The largest absolute Gasteiger partial charge is 0.313 e. The highest BCUT2D eigenvalue weighted by atomic mass is 35.5. The molecule has 0 saturated carbocycles. The van der Waals surface area contributed by atoms with Gasteiger partial charge in [-0.25, -0.2) is 4.39 Å². The summed E-state index contributed by atoms with van der Waals surface area (Å²) in [6, 6.07) is 7.13. The topological polar surface area (TPSA) is 24.9 Å². The third kappa shape index (κ3) is 3.75. The summed E-state index contributed by atoms with van der Waals surface area (Å²) in [6.45, 7) is 3.80. The second-order valence-electron chi connectivity index (χ2n) is 4.37. The minimum Gasteiger partial charge on any atom is -0.313 e. The molecular formula is C15H16ClFN2. The van der Waals surface area contributed by atoms with Crippen molar-refractivity contribution < 1.29 is 4.39 Å². The predicted molar refractivity (Wildman–Crippen MR) is 76.6 cm³/mol. The molecule has 0 spiro atoms. The van der Waals surface area contributed by atoms with Gasteiger partial charge in [0, 0.05) is 23.3 Å². The zero-order valence-electron chi connectivity index (χ0n) is 10.8. The molecule has 1 aromatic carbocycles. The third-order valence-corrected chi connectivity index (χ3v) is 3.07. The van der Waals surface area contributed by atoms with Crippen LogP contribution in [0.5, 0.6) is 0 Å². The number of rotatable bonds is 5. The van der Waals surface area contributed by atoms with E-state index in [2.05, 4.69) is 17.2 Å². The van der Waals surface area contributed by atoms with E-state index in [-0.39, 0.29) is 5.82 Å². The van der Waals surface area contributed by atoms with Crippen LogP contribution in [0, 0.1) is 5.82 Å². The van der Waals surface area contributed by atoms with Crippen molar-refractivity contribution in [2.75, 3.05) is 6.54 Å². The maximum atomic E-state index is 13.3. The molecule has 0 unspecified atom stereocenters. The van der Waals surface area contributed by atoms with E-state index in [0.717, 1.165) is 36.2 Å². The van der Waals surface area contributed by atoms with Gasteiger partial charge in [-0.3, -0.25) is 4.98 Å². The van der Waals surface area contributed by atoms with Crippen LogP contribution in [0.1, 0.15) is 18.9 Å². The molecule has 19 heavy (non-hydrogen) atoms. The Morgan fingerprint density at radius 3 is 2.84 bits per heavy atom. The Hall–Kier alpha value is -1.45. The van der Waals surface area contributed by atoms with Gasteiger partial charge in [0.2, 0.25) is 0 Å². The van der Waals surface area contributed by atoms with E-state index in [1.165, 1.54) is 12.3 Å². The van der Waals surface area contributed by atoms with Crippen molar-refractivity contribution in [3.63, 3.8) is 0 Å².